The van der Waals surface area contributed by atoms with Crippen LogP contribution >= 0.6 is 0 Å². The van der Waals surface area contributed by atoms with Crippen LogP contribution in [-0.2, 0) is 16.0 Å². The number of methoxy groups -OCH3 is 1. The molecule has 2 aliphatic heterocycles. The zero-order valence-electron chi connectivity index (χ0n) is 20.1. The van der Waals surface area contributed by atoms with Gasteiger partial charge in [-0.25, -0.2) is 0 Å². The van der Waals surface area contributed by atoms with Gasteiger partial charge in [0.05, 0.1) is 13.7 Å². The fourth-order valence-corrected chi connectivity index (χ4v) is 6.14. The van der Waals surface area contributed by atoms with Crippen molar-refractivity contribution in [1.29, 1.82) is 0 Å². The summed E-state index contributed by atoms with van der Waals surface area (Å²) in [6.07, 6.45) is 8.41. The van der Waals surface area contributed by atoms with Gasteiger partial charge in [0.15, 0.2) is 0 Å². The second-order valence-electron chi connectivity index (χ2n) is 9.85. The lowest BCUT2D eigenvalue weighted by atomic mass is 9.85. The van der Waals surface area contributed by atoms with Gasteiger partial charge >= 0.3 is 0 Å². The molecule has 1 unspecified atom stereocenters. The van der Waals surface area contributed by atoms with Gasteiger partial charge in [-0.1, -0.05) is 48.0 Å². The third kappa shape index (κ3) is 3.72. The Kier molecular flexibility index (Phi) is 5.59. The highest BCUT2D eigenvalue weighted by Gasteiger charge is 2.48. The monoisotopic (exact) mass is 469 g/mol. The SMILES string of the molecule is COc1ccccc1C1c2[nH]c3ccccc3c2C[C@H]2C(=O)N(CCC3=CCCCC3)CC(=O)N12. The van der Waals surface area contributed by atoms with Crippen LogP contribution in [0.3, 0.4) is 0 Å². The lowest BCUT2D eigenvalue weighted by Gasteiger charge is -2.47. The van der Waals surface area contributed by atoms with Crippen LogP contribution in [0.4, 0.5) is 0 Å². The minimum atomic E-state index is -0.516. The van der Waals surface area contributed by atoms with Crippen molar-refractivity contribution in [2.75, 3.05) is 20.2 Å². The maximum Gasteiger partial charge on any atom is 0.246 e. The molecule has 35 heavy (non-hydrogen) atoms. The van der Waals surface area contributed by atoms with Gasteiger partial charge in [0.2, 0.25) is 11.8 Å². The van der Waals surface area contributed by atoms with Crippen LogP contribution in [0.1, 0.15) is 55.0 Å². The number of amides is 2. The van der Waals surface area contributed by atoms with E-state index in [4.69, 9.17) is 4.74 Å². The summed E-state index contributed by atoms with van der Waals surface area (Å²) in [5.41, 5.74) is 5.45. The van der Waals surface area contributed by atoms with E-state index in [1.54, 1.807) is 12.0 Å². The Labute approximate surface area is 205 Å². The molecule has 6 rings (SSSR count). The number of aromatic nitrogens is 1. The predicted molar refractivity (Wildman–Crippen MR) is 135 cm³/mol. The first kappa shape index (κ1) is 22.0. The normalized spacial score (nSPS) is 22.1. The van der Waals surface area contributed by atoms with Crippen LogP contribution in [0.2, 0.25) is 0 Å². The summed E-state index contributed by atoms with van der Waals surface area (Å²) in [5.74, 6) is 0.763. The van der Waals surface area contributed by atoms with Crippen LogP contribution in [0.5, 0.6) is 5.75 Å². The standard InChI is InChI=1S/C29H31N3O3/c1-35-25-14-8-6-12-21(25)28-27-22(20-11-5-7-13-23(20)30-27)17-24-29(34)31(18-26(33)32(24)28)16-15-19-9-3-2-4-10-19/h5-9,11-14,24,28,30H,2-4,10,15-18H2,1H3/t24-,28?/m0/s1. The molecule has 3 aromatic rings. The number of ether oxygens (including phenoxy) is 1. The summed E-state index contributed by atoms with van der Waals surface area (Å²) in [6, 6.07) is 15.1. The molecule has 6 heteroatoms. The third-order valence-corrected chi connectivity index (χ3v) is 7.86. The number of benzene rings is 2. The molecule has 3 heterocycles. The number of nitrogens with one attached hydrogen (secondary N) is 1. The van der Waals surface area contributed by atoms with Crippen LogP contribution in [0.15, 0.2) is 60.2 Å². The molecule has 1 aromatic heterocycles. The third-order valence-electron chi connectivity index (χ3n) is 7.86. The van der Waals surface area contributed by atoms with Crippen molar-refractivity contribution < 1.29 is 14.3 Å². The molecule has 3 aliphatic rings. The smallest absolute Gasteiger partial charge is 0.246 e. The molecule has 180 valence electrons. The average Bonchev–Trinajstić information content (AvgIpc) is 3.28. The first-order chi connectivity index (χ1) is 17.2. The van der Waals surface area contributed by atoms with Crippen molar-refractivity contribution in [2.24, 2.45) is 0 Å². The van der Waals surface area contributed by atoms with Crippen molar-refractivity contribution in [1.82, 2.24) is 14.8 Å². The van der Waals surface area contributed by atoms with E-state index in [9.17, 15) is 9.59 Å². The van der Waals surface area contributed by atoms with E-state index < -0.39 is 12.1 Å². The number of piperazine rings is 1. The van der Waals surface area contributed by atoms with Crippen LogP contribution < -0.4 is 4.74 Å². The maximum atomic E-state index is 13.8. The quantitative estimate of drug-likeness (QED) is 0.549. The first-order valence-corrected chi connectivity index (χ1v) is 12.7. The van der Waals surface area contributed by atoms with E-state index in [0.29, 0.717) is 13.0 Å². The number of H-pyrrole nitrogens is 1. The molecule has 1 N–H and O–H groups in total. The average molecular weight is 470 g/mol. The van der Waals surface area contributed by atoms with Crippen molar-refractivity contribution in [3.05, 3.63) is 77.0 Å². The Morgan fingerprint density at radius 3 is 2.71 bits per heavy atom. The lowest BCUT2D eigenvalue weighted by Crippen LogP contribution is -2.63. The van der Waals surface area contributed by atoms with E-state index in [2.05, 4.69) is 23.2 Å². The molecule has 0 spiro atoms. The van der Waals surface area contributed by atoms with E-state index in [-0.39, 0.29) is 18.4 Å². The summed E-state index contributed by atoms with van der Waals surface area (Å²) in [6.45, 7) is 0.741. The lowest BCUT2D eigenvalue weighted by molar-refractivity contribution is -0.158. The molecule has 1 fully saturated rings. The minimum Gasteiger partial charge on any atom is -0.496 e. The van der Waals surface area contributed by atoms with Crippen molar-refractivity contribution >= 4 is 22.7 Å². The molecule has 2 aromatic carbocycles. The van der Waals surface area contributed by atoms with Gasteiger partial charge < -0.3 is 19.5 Å². The van der Waals surface area contributed by atoms with Crippen molar-refractivity contribution in [2.45, 2.75) is 50.6 Å². The van der Waals surface area contributed by atoms with Crippen LogP contribution in [-0.4, -0.2) is 52.8 Å². The highest BCUT2D eigenvalue weighted by Crippen LogP contribution is 2.44. The number of para-hydroxylation sites is 2. The van der Waals surface area contributed by atoms with Crippen LogP contribution in [0.25, 0.3) is 10.9 Å². The van der Waals surface area contributed by atoms with Gasteiger partial charge in [-0.15, -0.1) is 0 Å². The molecule has 1 aliphatic carbocycles. The second-order valence-corrected chi connectivity index (χ2v) is 9.85. The van der Waals surface area contributed by atoms with Crippen molar-refractivity contribution in [3.63, 3.8) is 0 Å². The molecule has 0 radical (unpaired) electrons. The summed E-state index contributed by atoms with van der Waals surface area (Å²) in [5, 5.41) is 1.12. The predicted octanol–water partition coefficient (Wildman–Crippen LogP) is 4.75. The van der Waals surface area contributed by atoms with E-state index in [1.165, 1.54) is 18.4 Å². The zero-order chi connectivity index (χ0) is 23.9. The Balaban J connectivity index is 1.41. The number of carbonyl (C=O) groups excluding carboxylic acids is 2. The minimum absolute atomic E-state index is 0.00700. The second kappa shape index (κ2) is 8.91. The highest BCUT2D eigenvalue weighted by molar-refractivity contribution is 5.97. The molecular weight excluding hydrogens is 438 g/mol. The Morgan fingerprint density at radius 2 is 1.89 bits per heavy atom. The number of fused-ring (bicyclic) bond motifs is 4. The highest BCUT2D eigenvalue weighted by atomic mass is 16.5. The van der Waals surface area contributed by atoms with Gasteiger partial charge in [-0.3, -0.25) is 9.59 Å². The molecule has 0 saturated carbocycles. The summed E-state index contributed by atoms with van der Waals surface area (Å²) in [7, 11) is 1.65. The van der Waals surface area contributed by atoms with Crippen LogP contribution in [0, 0.1) is 0 Å². The number of allylic oxidation sites excluding steroid dienone is 1. The number of carbonyl (C=O) groups is 2. The molecule has 2 atom stereocenters. The summed E-state index contributed by atoms with van der Waals surface area (Å²) >= 11 is 0. The number of hydrogen-bond acceptors (Lipinski definition) is 3. The number of rotatable bonds is 5. The largest absolute Gasteiger partial charge is 0.496 e. The van der Waals surface area contributed by atoms with E-state index in [1.807, 2.05) is 41.3 Å². The van der Waals surface area contributed by atoms with Gasteiger partial charge in [0.1, 0.15) is 17.8 Å². The van der Waals surface area contributed by atoms with Gasteiger partial charge in [0, 0.05) is 35.1 Å². The van der Waals surface area contributed by atoms with Crippen molar-refractivity contribution in [3.8, 4) is 5.75 Å². The van der Waals surface area contributed by atoms with Gasteiger partial charge in [0.25, 0.3) is 0 Å². The fourth-order valence-electron chi connectivity index (χ4n) is 6.14. The van der Waals surface area contributed by atoms with Gasteiger partial charge in [-0.05, 0) is 49.8 Å². The molecule has 6 nitrogen and oxygen atoms in total. The Hall–Kier alpha value is -3.54. The zero-order valence-corrected chi connectivity index (χ0v) is 20.1. The molecule has 1 saturated heterocycles. The van der Waals surface area contributed by atoms with Gasteiger partial charge in [-0.2, -0.15) is 0 Å². The topological polar surface area (TPSA) is 65.6 Å². The Bertz CT molecular complexity index is 1320. The molecule has 2 amide bonds. The van der Waals surface area contributed by atoms with E-state index >= 15 is 0 Å². The summed E-state index contributed by atoms with van der Waals surface area (Å²) < 4.78 is 5.70. The molecule has 0 bridgehead atoms. The summed E-state index contributed by atoms with van der Waals surface area (Å²) in [4.78, 5) is 34.7. The maximum absolute atomic E-state index is 13.8. The fraction of sp³-hybridized carbons (Fsp3) is 0.379. The number of hydrogen-bond donors (Lipinski definition) is 1. The molecular formula is C29H31N3O3. The number of nitrogens with zero attached hydrogens (tertiary/aromatic N) is 2. The van der Waals surface area contributed by atoms with E-state index in [0.717, 1.165) is 52.7 Å². The number of aromatic amines is 1. The Morgan fingerprint density at radius 1 is 1.06 bits per heavy atom. The first-order valence-electron chi connectivity index (χ1n) is 12.7.